The first-order valence-electron chi connectivity index (χ1n) is 8.21. The van der Waals surface area contributed by atoms with Gasteiger partial charge >= 0.3 is 0 Å². The molecule has 0 aliphatic carbocycles. The Morgan fingerprint density at radius 2 is 2.15 bits per heavy atom. The first-order chi connectivity index (χ1) is 12.6. The van der Waals surface area contributed by atoms with Crippen molar-refractivity contribution in [2.24, 2.45) is 4.99 Å². The standard InChI is InChI=1S/C17H21N5O3S/c1-24-11-3-4-12(14(9-11)25-2)13-10-15(23)21-17(26)22(13)8-7-20-16-18-5-6-19-16/h3-4,9-10H,5-8H2,1-2H3,(H2,18,19,20)(H,21,23,26). The van der Waals surface area contributed by atoms with E-state index in [0.717, 1.165) is 24.6 Å². The summed E-state index contributed by atoms with van der Waals surface area (Å²) in [5, 5.41) is 6.38. The van der Waals surface area contributed by atoms with Gasteiger partial charge in [0.25, 0.3) is 5.56 Å². The number of hydrogen-bond donors (Lipinski definition) is 3. The first kappa shape index (κ1) is 18.0. The molecular weight excluding hydrogens is 354 g/mol. The number of nitrogens with zero attached hydrogens (tertiary/aromatic N) is 2. The number of H-pyrrole nitrogens is 1. The van der Waals surface area contributed by atoms with Crippen LogP contribution in [-0.2, 0) is 6.54 Å². The van der Waals surface area contributed by atoms with E-state index in [1.807, 2.05) is 16.7 Å². The lowest BCUT2D eigenvalue weighted by Gasteiger charge is -2.17. The van der Waals surface area contributed by atoms with Gasteiger partial charge in [-0.15, -0.1) is 0 Å². The minimum Gasteiger partial charge on any atom is -0.497 e. The van der Waals surface area contributed by atoms with E-state index in [0.29, 0.717) is 35.1 Å². The van der Waals surface area contributed by atoms with Gasteiger partial charge in [-0.1, -0.05) is 0 Å². The Morgan fingerprint density at radius 1 is 1.31 bits per heavy atom. The SMILES string of the molecule is COc1ccc(-c2cc(=O)[nH]c(=S)n2CCNC2=NCCN2)c(OC)c1. The van der Waals surface area contributed by atoms with Crippen molar-refractivity contribution >= 4 is 18.2 Å². The molecule has 0 radical (unpaired) electrons. The predicted octanol–water partition coefficient (Wildman–Crippen LogP) is 1.14. The quantitative estimate of drug-likeness (QED) is 0.656. The summed E-state index contributed by atoms with van der Waals surface area (Å²) in [5.74, 6) is 2.06. The fourth-order valence-corrected chi connectivity index (χ4v) is 3.07. The number of aromatic nitrogens is 2. The van der Waals surface area contributed by atoms with Gasteiger partial charge in [-0.2, -0.15) is 0 Å². The monoisotopic (exact) mass is 375 g/mol. The van der Waals surface area contributed by atoms with E-state index in [4.69, 9.17) is 21.7 Å². The molecule has 1 aromatic carbocycles. The summed E-state index contributed by atoms with van der Waals surface area (Å²) in [6.07, 6.45) is 0. The van der Waals surface area contributed by atoms with Crippen molar-refractivity contribution < 1.29 is 9.47 Å². The zero-order valence-electron chi connectivity index (χ0n) is 14.7. The molecule has 2 heterocycles. The van der Waals surface area contributed by atoms with Crippen LogP contribution in [0.4, 0.5) is 0 Å². The molecule has 3 rings (SSSR count). The van der Waals surface area contributed by atoms with Crippen molar-refractivity contribution in [3.63, 3.8) is 0 Å². The molecule has 138 valence electrons. The van der Waals surface area contributed by atoms with E-state index in [9.17, 15) is 4.79 Å². The number of rotatable bonds is 6. The third-order valence-electron chi connectivity index (χ3n) is 4.02. The second-order valence-electron chi connectivity index (χ2n) is 5.63. The fraction of sp³-hybridized carbons (Fsp3) is 0.353. The van der Waals surface area contributed by atoms with Crippen molar-refractivity contribution in [1.29, 1.82) is 0 Å². The smallest absolute Gasteiger partial charge is 0.252 e. The van der Waals surface area contributed by atoms with Crippen LogP contribution < -0.4 is 25.7 Å². The summed E-state index contributed by atoms with van der Waals surface area (Å²) >= 11 is 5.37. The Morgan fingerprint density at radius 3 is 2.85 bits per heavy atom. The topological polar surface area (TPSA) is 92.7 Å². The Labute approximate surface area is 155 Å². The van der Waals surface area contributed by atoms with Crippen LogP contribution in [0, 0.1) is 4.77 Å². The minimum atomic E-state index is -0.256. The van der Waals surface area contributed by atoms with E-state index >= 15 is 0 Å². The predicted molar refractivity (Wildman–Crippen MR) is 103 cm³/mol. The average Bonchev–Trinajstić information content (AvgIpc) is 3.16. The number of benzene rings is 1. The van der Waals surface area contributed by atoms with Crippen LogP contribution >= 0.6 is 12.2 Å². The molecule has 0 saturated heterocycles. The molecule has 9 heteroatoms. The Bertz CT molecular complexity index is 935. The molecule has 2 aromatic rings. The fourth-order valence-electron chi connectivity index (χ4n) is 2.78. The molecule has 0 fully saturated rings. The third-order valence-corrected chi connectivity index (χ3v) is 4.34. The molecule has 26 heavy (non-hydrogen) atoms. The van der Waals surface area contributed by atoms with Crippen LogP contribution in [0.3, 0.4) is 0 Å². The van der Waals surface area contributed by atoms with E-state index in [1.54, 1.807) is 20.3 Å². The maximum absolute atomic E-state index is 12.0. The number of methoxy groups -OCH3 is 2. The molecule has 0 spiro atoms. The highest BCUT2D eigenvalue weighted by Crippen LogP contribution is 2.32. The highest BCUT2D eigenvalue weighted by molar-refractivity contribution is 7.71. The summed E-state index contributed by atoms with van der Waals surface area (Å²) in [6.45, 7) is 2.78. The molecule has 0 atom stereocenters. The van der Waals surface area contributed by atoms with Crippen molar-refractivity contribution in [2.45, 2.75) is 6.54 Å². The van der Waals surface area contributed by atoms with Crippen LogP contribution in [0.5, 0.6) is 11.5 Å². The molecule has 0 bridgehead atoms. The number of aromatic amines is 1. The number of hydrogen-bond acceptors (Lipinski definition) is 7. The molecule has 0 saturated carbocycles. The second kappa shape index (κ2) is 8.05. The van der Waals surface area contributed by atoms with Gasteiger partial charge in [0.2, 0.25) is 0 Å². The van der Waals surface area contributed by atoms with Gasteiger partial charge < -0.3 is 24.7 Å². The molecule has 1 aromatic heterocycles. The summed E-state index contributed by atoms with van der Waals surface area (Å²) in [4.78, 5) is 19.0. The van der Waals surface area contributed by atoms with Crippen molar-refractivity contribution in [1.82, 2.24) is 20.2 Å². The van der Waals surface area contributed by atoms with Crippen LogP contribution in [0.15, 0.2) is 34.1 Å². The lowest BCUT2D eigenvalue weighted by molar-refractivity contribution is 0.395. The largest absolute Gasteiger partial charge is 0.497 e. The maximum atomic E-state index is 12.0. The summed E-state index contributed by atoms with van der Waals surface area (Å²) in [7, 11) is 3.17. The maximum Gasteiger partial charge on any atom is 0.252 e. The zero-order valence-corrected chi connectivity index (χ0v) is 15.5. The minimum absolute atomic E-state index is 0.256. The lowest BCUT2D eigenvalue weighted by atomic mass is 10.1. The molecule has 8 nitrogen and oxygen atoms in total. The first-order valence-corrected chi connectivity index (χ1v) is 8.62. The van der Waals surface area contributed by atoms with Crippen molar-refractivity contribution in [3.05, 3.63) is 39.4 Å². The highest BCUT2D eigenvalue weighted by atomic mass is 32.1. The second-order valence-corrected chi connectivity index (χ2v) is 6.01. The van der Waals surface area contributed by atoms with Crippen LogP contribution in [0.1, 0.15) is 0 Å². The Kier molecular flexibility index (Phi) is 5.57. The summed E-state index contributed by atoms with van der Waals surface area (Å²) in [5.41, 5.74) is 1.19. The Balaban J connectivity index is 1.95. The van der Waals surface area contributed by atoms with E-state index in [1.165, 1.54) is 6.07 Å². The van der Waals surface area contributed by atoms with Crippen LogP contribution in [0.2, 0.25) is 0 Å². The van der Waals surface area contributed by atoms with Crippen molar-refractivity contribution in [2.75, 3.05) is 33.9 Å². The molecule has 3 N–H and O–H groups in total. The zero-order chi connectivity index (χ0) is 18.5. The average molecular weight is 375 g/mol. The molecule has 0 amide bonds. The van der Waals surface area contributed by atoms with Crippen LogP contribution in [-0.4, -0.2) is 49.4 Å². The van der Waals surface area contributed by atoms with Gasteiger partial charge in [-0.3, -0.25) is 14.8 Å². The number of aliphatic imine (C=N–C) groups is 1. The molecule has 1 aliphatic heterocycles. The summed E-state index contributed by atoms with van der Waals surface area (Å²) in [6, 6.07) is 6.97. The molecule has 1 aliphatic rings. The Hall–Kier alpha value is -2.81. The van der Waals surface area contributed by atoms with E-state index in [2.05, 4.69) is 20.6 Å². The van der Waals surface area contributed by atoms with Crippen molar-refractivity contribution in [3.8, 4) is 22.8 Å². The normalized spacial score (nSPS) is 13.1. The molecule has 0 unspecified atom stereocenters. The molecular formula is C17H21N5O3S. The van der Waals surface area contributed by atoms with Gasteiger partial charge in [-0.05, 0) is 24.4 Å². The van der Waals surface area contributed by atoms with E-state index < -0.39 is 0 Å². The number of guanidine groups is 1. The number of ether oxygens (including phenoxy) is 2. The van der Waals surface area contributed by atoms with Gasteiger partial charge in [0, 0.05) is 37.3 Å². The lowest BCUT2D eigenvalue weighted by Crippen LogP contribution is -2.36. The van der Waals surface area contributed by atoms with Gasteiger partial charge in [0.15, 0.2) is 10.7 Å². The highest BCUT2D eigenvalue weighted by Gasteiger charge is 2.13. The van der Waals surface area contributed by atoms with Gasteiger partial charge in [0.05, 0.1) is 26.5 Å². The van der Waals surface area contributed by atoms with Gasteiger partial charge in [-0.25, -0.2) is 0 Å². The van der Waals surface area contributed by atoms with E-state index in [-0.39, 0.29) is 5.56 Å². The summed E-state index contributed by atoms with van der Waals surface area (Å²) < 4.78 is 12.9. The van der Waals surface area contributed by atoms with Crippen LogP contribution in [0.25, 0.3) is 11.3 Å². The van der Waals surface area contributed by atoms with Gasteiger partial charge in [0.1, 0.15) is 11.5 Å². The third kappa shape index (κ3) is 3.88. The number of nitrogens with one attached hydrogen (secondary N) is 3.